The van der Waals surface area contributed by atoms with Gasteiger partial charge in [-0.3, -0.25) is 4.79 Å². The topological polar surface area (TPSA) is 32.3 Å². The van der Waals surface area contributed by atoms with Crippen LogP contribution in [-0.2, 0) is 0 Å². The Morgan fingerprint density at radius 2 is 2.26 bits per heavy atom. The van der Waals surface area contributed by atoms with Crippen molar-refractivity contribution in [2.45, 2.75) is 12.5 Å². The number of thiophene rings is 1. The summed E-state index contributed by atoms with van der Waals surface area (Å²) in [6, 6.07) is 8.35. The van der Waals surface area contributed by atoms with Gasteiger partial charge in [0, 0.05) is 29.9 Å². The Bertz CT molecular complexity index is 578. The monoisotopic (exact) mass is 296 g/mol. The summed E-state index contributed by atoms with van der Waals surface area (Å²) in [5.41, 5.74) is 0.787. The third-order valence-corrected chi connectivity index (χ3v) is 4.50. The predicted octanol–water partition coefficient (Wildman–Crippen LogP) is 2.76. The number of fused-ring (bicyclic) bond motifs is 1. The van der Waals surface area contributed by atoms with E-state index in [0.29, 0.717) is 6.04 Å². The first-order valence-corrected chi connectivity index (χ1v) is 7.09. The number of halogens is 1. The summed E-state index contributed by atoms with van der Waals surface area (Å²) in [7, 11) is 1.90. The highest BCUT2D eigenvalue weighted by Gasteiger charge is 2.23. The van der Waals surface area contributed by atoms with E-state index in [-0.39, 0.29) is 18.3 Å². The summed E-state index contributed by atoms with van der Waals surface area (Å²) in [4.78, 5) is 14.3. The first-order valence-electron chi connectivity index (χ1n) is 6.21. The van der Waals surface area contributed by atoms with Gasteiger partial charge in [0.1, 0.15) is 0 Å². The molecule has 1 aromatic carbocycles. The van der Waals surface area contributed by atoms with Gasteiger partial charge in [-0.05, 0) is 48.0 Å². The van der Waals surface area contributed by atoms with Crippen LogP contribution in [0.25, 0.3) is 10.1 Å². The lowest BCUT2D eigenvalue weighted by molar-refractivity contribution is 0.0744. The molecule has 1 saturated heterocycles. The van der Waals surface area contributed by atoms with Crippen molar-refractivity contribution in [2.24, 2.45) is 0 Å². The van der Waals surface area contributed by atoms with E-state index in [1.165, 1.54) is 4.70 Å². The molecule has 2 heterocycles. The average molecular weight is 297 g/mol. The van der Waals surface area contributed by atoms with Crippen molar-refractivity contribution < 1.29 is 4.79 Å². The Hall–Kier alpha value is -1.10. The van der Waals surface area contributed by atoms with Crippen molar-refractivity contribution in [3.63, 3.8) is 0 Å². The molecule has 2 aromatic rings. The fraction of sp³-hybridized carbons (Fsp3) is 0.357. The lowest BCUT2D eigenvalue weighted by Crippen LogP contribution is -2.38. The van der Waals surface area contributed by atoms with Crippen molar-refractivity contribution in [2.75, 3.05) is 20.1 Å². The molecule has 1 aliphatic heterocycles. The second-order valence-electron chi connectivity index (χ2n) is 4.74. The number of hydrogen-bond acceptors (Lipinski definition) is 3. The van der Waals surface area contributed by atoms with Gasteiger partial charge < -0.3 is 10.2 Å². The summed E-state index contributed by atoms with van der Waals surface area (Å²) >= 11 is 1.71. The average Bonchev–Trinajstić information content (AvgIpc) is 3.06. The molecular formula is C14H17ClN2OS. The first kappa shape index (κ1) is 14.3. The van der Waals surface area contributed by atoms with Gasteiger partial charge in [-0.1, -0.05) is 0 Å². The van der Waals surface area contributed by atoms with Crippen LogP contribution >= 0.6 is 23.7 Å². The van der Waals surface area contributed by atoms with Crippen molar-refractivity contribution in [1.82, 2.24) is 10.2 Å². The molecule has 1 N–H and O–H groups in total. The van der Waals surface area contributed by atoms with Crippen molar-refractivity contribution in [1.29, 1.82) is 0 Å². The summed E-state index contributed by atoms with van der Waals surface area (Å²) in [6.07, 6.45) is 1.04. The number of likely N-dealkylation sites (N-methyl/N-ethyl adjacent to an activating group) is 1. The molecule has 0 aliphatic carbocycles. The number of amides is 1. The zero-order valence-electron chi connectivity index (χ0n) is 10.8. The molecule has 0 spiro atoms. The van der Waals surface area contributed by atoms with E-state index >= 15 is 0 Å². The maximum atomic E-state index is 12.4. The van der Waals surface area contributed by atoms with Gasteiger partial charge in [0.15, 0.2) is 0 Å². The van der Waals surface area contributed by atoms with Gasteiger partial charge in [-0.25, -0.2) is 0 Å². The fourth-order valence-corrected chi connectivity index (χ4v) is 3.21. The minimum atomic E-state index is 0. The third-order valence-electron chi connectivity index (χ3n) is 3.60. The highest BCUT2D eigenvalue weighted by molar-refractivity contribution is 7.17. The van der Waals surface area contributed by atoms with Crippen LogP contribution < -0.4 is 5.32 Å². The Labute approximate surface area is 123 Å². The Kier molecular flexibility index (Phi) is 4.45. The quantitative estimate of drug-likeness (QED) is 0.924. The van der Waals surface area contributed by atoms with Gasteiger partial charge in [0.05, 0.1) is 0 Å². The molecule has 102 valence electrons. The van der Waals surface area contributed by atoms with Gasteiger partial charge >= 0.3 is 0 Å². The maximum Gasteiger partial charge on any atom is 0.253 e. The van der Waals surface area contributed by atoms with E-state index < -0.39 is 0 Å². The lowest BCUT2D eigenvalue weighted by Gasteiger charge is -2.23. The molecule has 1 amide bonds. The van der Waals surface area contributed by atoms with Crippen molar-refractivity contribution >= 4 is 39.7 Å². The summed E-state index contributed by atoms with van der Waals surface area (Å²) in [6.45, 7) is 1.91. The summed E-state index contributed by atoms with van der Waals surface area (Å²) < 4.78 is 1.23. The molecule has 5 heteroatoms. The highest BCUT2D eigenvalue weighted by Crippen LogP contribution is 2.22. The molecule has 0 radical (unpaired) electrons. The standard InChI is InChI=1S/C14H16N2OS.ClH/c1-16(12-4-6-15-9-12)14(17)11-2-3-13-10(8-11)5-7-18-13;/h2-3,5,7-8,12,15H,4,6,9H2,1H3;1H. The minimum absolute atomic E-state index is 0. The Morgan fingerprint density at radius 1 is 1.42 bits per heavy atom. The number of carbonyl (C=O) groups is 1. The van der Waals surface area contributed by atoms with E-state index in [2.05, 4.69) is 16.8 Å². The number of nitrogens with zero attached hydrogens (tertiary/aromatic N) is 1. The summed E-state index contributed by atoms with van der Waals surface area (Å²) in [5.74, 6) is 0.122. The van der Waals surface area contributed by atoms with Crippen LogP contribution in [0.15, 0.2) is 29.6 Å². The lowest BCUT2D eigenvalue weighted by atomic mass is 10.1. The maximum absolute atomic E-state index is 12.4. The van der Waals surface area contributed by atoms with Crippen LogP contribution in [-0.4, -0.2) is 37.0 Å². The van der Waals surface area contributed by atoms with Crippen molar-refractivity contribution in [3.05, 3.63) is 35.2 Å². The van der Waals surface area contributed by atoms with Crippen LogP contribution in [0.5, 0.6) is 0 Å². The molecule has 1 aliphatic rings. The van der Waals surface area contributed by atoms with Crippen LogP contribution in [0.4, 0.5) is 0 Å². The van der Waals surface area contributed by atoms with Crippen LogP contribution in [0.3, 0.4) is 0 Å². The molecule has 3 rings (SSSR count). The number of benzene rings is 1. The van der Waals surface area contributed by atoms with E-state index in [9.17, 15) is 4.79 Å². The van der Waals surface area contributed by atoms with E-state index in [1.807, 2.05) is 30.1 Å². The largest absolute Gasteiger partial charge is 0.337 e. The van der Waals surface area contributed by atoms with E-state index in [4.69, 9.17) is 0 Å². The number of carbonyl (C=O) groups excluding carboxylic acids is 1. The number of nitrogens with one attached hydrogen (secondary N) is 1. The molecule has 1 unspecified atom stereocenters. The normalized spacial score (nSPS) is 18.3. The highest BCUT2D eigenvalue weighted by atomic mass is 35.5. The molecule has 1 fully saturated rings. The second-order valence-corrected chi connectivity index (χ2v) is 5.68. The zero-order chi connectivity index (χ0) is 12.5. The second kappa shape index (κ2) is 5.90. The Morgan fingerprint density at radius 3 is 3.00 bits per heavy atom. The van der Waals surface area contributed by atoms with Gasteiger partial charge in [0.25, 0.3) is 5.91 Å². The SMILES string of the molecule is CN(C(=O)c1ccc2sccc2c1)C1CCNC1.Cl. The van der Waals surface area contributed by atoms with Gasteiger partial charge in [-0.2, -0.15) is 0 Å². The van der Waals surface area contributed by atoms with Crippen LogP contribution in [0, 0.1) is 0 Å². The van der Waals surface area contributed by atoms with Gasteiger partial charge in [-0.15, -0.1) is 23.7 Å². The number of hydrogen-bond donors (Lipinski definition) is 1. The fourth-order valence-electron chi connectivity index (χ4n) is 2.44. The van der Waals surface area contributed by atoms with E-state index in [0.717, 1.165) is 30.5 Å². The molecule has 3 nitrogen and oxygen atoms in total. The van der Waals surface area contributed by atoms with E-state index in [1.54, 1.807) is 11.3 Å². The number of rotatable bonds is 2. The molecule has 0 saturated carbocycles. The third kappa shape index (κ3) is 2.76. The van der Waals surface area contributed by atoms with Gasteiger partial charge in [0.2, 0.25) is 0 Å². The predicted molar refractivity (Wildman–Crippen MR) is 82.4 cm³/mol. The van der Waals surface area contributed by atoms with Crippen LogP contribution in [0.1, 0.15) is 16.8 Å². The minimum Gasteiger partial charge on any atom is -0.337 e. The molecule has 19 heavy (non-hydrogen) atoms. The molecular weight excluding hydrogens is 280 g/mol. The molecule has 1 atom stereocenters. The Balaban J connectivity index is 0.00000133. The first-order chi connectivity index (χ1) is 8.75. The van der Waals surface area contributed by atoms with Crippen LogP contribution in [0.2, 0.25) is 0 Å². The summed E-state index contributed by atoms with van der Waals surface area (Å²) in [5, 5.41) is 6.51. The molecule has 0 bridgehead atoms. The molecule has 1 aromatic heterocycles. The zero-order valence-corrected chi connectivity index (χ0v) is 12.4. The smallest absolute Gasteiger partial charge is 0.253 e. The van der Waals surface area contributed by atoms with Crippen molar-refractivity contribution in [3.8, 4) is 0 Å².